The molecule has 0 saturated carbocycles. The molecule has 0 aromatic rings. The van der Waals surface area contributed by atoms with Crippen LogP contribution in [0.5, 0.6) is 0 Å². The lowest BCUT2D eigenvalue weighted by atomic mass is 9.86. The average Bonchev–Trinajstić information content (AvgIpc) is 2.31. The van der Waals surface area contributed by atoms with Gasteiger partial charge in [0.05, 0.1) is 11.2 Å². The molecule has 1 aliphatic heterocycles. The Morgan fingerprint density at radius 1 is 1.19 bits per heavy atom. The highest BCUT2D eigenvalue weighted by atomic mass is 35.5. The van der Waals surface area contributed by atoms with Gasteiger partial charge in [-0.1, -0.05) is 11.5 Å². The summed E-state index contributed by atoms with van der Waals surface area (Å²) in [5.74, 6) is 2.76. The molecule has 1 fully saturated rings. The van der Waals surface area contributed by atoms with Crippen LogP contribution >= 0.6 is 11.6 Å². The maximum Gasteiger partial charge on any atom is 0.487 e. The molecule has 0 unspecified atom stereocenters. The standard InChI is InChI=1S/C12H22BClO2/c1-10(7-6-8-14)9-13-15-11(2,3)12(4,5)16-13/h9H,6-8H2,1-5H3. The molecule has 0 radical (unpaired) electrons. The van der Waals surface area contributed by atoms with Gasteiger partial charge < -0.3 is 9.31 Å². The number of allylic oxidation sites excluding steroid dienone is 1. The zero-order chi connectivity index (χ0) is 12.4. The smallest absolute Gasteiger partial charge is 0.400 e. The van der Waals surface area contributed by atoms with Gasteiger partial charge >= 0.3 is 7.12 Å². The van der Waals surface area contributed by atoms with Crippen molar-refractivity contribution in [2.75, 3.05) is 5.88 Å². The van der Waals surface area contributed by atoms with E-state index in [4.69, 9.17) is 20.9 Å². The summed E-state index contributed by atoms with van der Waals surface area (Å²) >= 11 is 5.66. The van der Waals surface area contributed by atoms with Gasteiger partial charge in [-0.05, 0) is 47.5 Å². The summed E-state index contributed by atoms with van der Waals surface area (Å²) in [4.78, 5) is 0. The second kappa shape index (κ2) is 5.11. The van der Waals surface area contributed by atoms with Crippen molar-refractivity contribution in [3.8, 4) is 0 Å². The molecular weight excluding hydrogens is 222 g/mol. The van der Waals surface area contributed by atoms with Gasteiger partial charge in [0.2, 0.25) is 0 Å². The third kappa shape index (κ3) is 3.25. The fourth-order valence-electron chi connectivity index (χ4n) is 1.62. The minimum Gasteiger partial charge on any atom is -0.400 e. The Morgan fingerprint density at radius 2 is 1.69 bits per heavy atom. The van der Waals surface area contributed by atoms with Crippen molar-refractivity contribution < 1.29 is 9.31 Å². The van der Waals surface area contributed by atoms with E-state index >= 15 is 0 Å². The molecule has 1 rings (SSSR count). The van der Waals surface area contributed by atoms with Crippen LogP contribution < -0.4 is 0 Å². The number of hydrogen-bond donors (Lipinski definition) is 0. The number of rotatable bonds is 4. The van der Waals surface area contributed by atoms with Gasteiger partial charge in [0.25, 0.3) is 0 Å². The zero-order valence-electron chi connectivity index (χ0n) is 11.0. The molecule has 16 heavy (non-hydrogen) atoms. The van der Waals surface area contributed by atoms with Gasteiger partial charge in [0, 0.05) is 5.88 Å². The molecule has 0 aromatic heterocycles. The van der Waals surface area contributed by atoms with Crippen LogP contribution in [0.4, 0.5) is 0 Å². The third-order valence-electron chi connectivity index (χ3n) is 3.40. The Hall–Kier alpha value is 0.0149. The SMILES string of the molecule is CC(=CB1OC(C)(C)C(C)(C)O1)CCCCl. The summed E-state index contributed by atoms with van der Waals surface area (Å²) in [5, 5.41) is 0. The van der Waals surface area contributed by atoms with Gasteiger partial charge in [-0.25, -0.2) is 0 Å². The van der Waals surface area contributed by atoms with E-state index < -0.39 is 0 Å². The second-order valence-corrected chi connectivity index (χ2v) is 5.81. The fourth-order valence-corrected chi connectivity index (χ4v) is 1.75. The van der Waals surface area contributed by atoms with Crippen LogP contribution in [0.25, 0.3) is 0 Å². The Kier molecular flexibility index (Phi) is 4.50. The lowest BCUT2D eigenvalue weighted by Gasteiger charge is -2.32. The second-order valence-electron chi connectivity index (χ2n) is 5.43. The van der Waals surface area contributed by atoms with E-state index in [1.807, 2.05) is 0 Å². The Morgan fingerprint density at radius 3 is 2.12 bits per heavy atom. The van der Waals surface area contributed by atoms with E-state index in [0.29, 0.717) is 5.88 Å². The first-order valence-electron chi connectivity index (χ1n) is 5.87. The molecule has 1 saturated heterocycles. The average molecular weight is 245 g/mol. The molecule has 0 bridgehead atoms. The molecule has 0 atom stereocenters. The number of hydrogen-bond acceptors (Lipinski definition) is 2. The highest BCUT2D eigenvalue weighted by Gasteiger charge is 2.50. The molecule has 0 N–H and O–H groups in total. The van der Waals surface area contributed by atoms with Gasteiger partial charge in [0.1, 0.15) is 0 Å². The van der Waals surface area contributed by atoms with Crippen LogP contribution in [0.1, 0.15) is 47.5 Å². The molecule has 0 spiro atoms. The van der Waals surface area contributed by atoms with E-state index in [2.05, 4.69) is 40.6 Å². The van der Waals surface area contributed by atoms with Crippen molar-refractivity contribution in [2.24, 2.45) is 0 Å². The lowest BCUT2D eigenvalue weighted by Crippen LogP contribution is -2.41. The molecule has 0 aromatic carbocycles. The van der Waals surface area contributed by atoms with Crippen LogP contribution in [-0.4, -0.2) is 24.2 Å². The molecule has 1 heterocycles. The Bertz CT molecular complexity index is 258. The third-order valence-corrected chi connectivity index (χ3v) is 3.66. The van der Waals surface area contributed by atoms with Gasteiger partial charge in [-0.3, -0.25) is 0 Å². The van der Waals surface area contributed by atoms with Crippen molar-refractivity contribution >= 4 is 18.7 Å². The van der Waals surface area contributed by atoms with Crippen LogP contribution in [0, 0.1) is 0 Å². The van der Waals surface area contributed by atoms with Crippen LogP contribution in [0.3, 0.4) is 0 Å². The normalized spacial score (nSPS) is 23.9. The molecular formula is C12H22BClO2. The summed E-state index contributed by atoms with van der Waals surface area (Å²) < 4.78 is 11.8. The van der Waals surface area contributed by atoms with E-state index in [0.717, 1.165) is 12.8 Å². The highest BCUT2D eigenvalue weighted by Crippen LogP contribution is 2.37. The molecule has 0 aliphatic carbocycles. The van der Waals surface area contributed by atoms with E-state index in [1.165, 1.54) is 5.57 Å². The summed E-state index contributed by atoms with van der Waals surface area (Å²) in [5.41, 5.74) is 0.779. The van der Waals surface area contributed by atoms with Crippen molar-refractivity contribution in [3.63, 3.8) is 0 Å². The Labute approximate surface area is 104 Å². The van der Waals surface area contributed by atoms with E-state index in [-0.39, 0.29) is 18.3 Å². The largest absolute Gasteiger partial charge is 0.487 e. The minimum absolute atomic E-state index is 0.222. The predicted octanol–water partition coefficient (Wildman–Crippen LogP) is 3.58. The van der Waals surface area contributed by atoms with Gasteiger partial charge in [-0.2, -0.15) is 0 Å². The quantitative estimate of drug-likeness (QED) is 0.556. The summed E-state index contributed by atoms with van der Waals surface area (Å²) in [6.07, 6.45) is 2.01. The molecule has 1 aliphatic rings. The number of alkyl halides is 1. The molecule has 4 heteroatoms. The summed E-state index contributed by atoms with van der Waals surface area (Å²) in [6, 6.07) is 0. The number of halogens is 1. The summed E-state index contributed by atoms with van der Waals surface area (Å²) in [6.45, 7) is 10.4. The van der Waals surface area contributed by atoms with Crippen molar-refractivity contribution in [1.82, 2.24) is 0 Å². The van der Waals surface area contributed by atoms with Crippen LogP contribution in [0.15, 0.2) is 11.5 Å². The first-order chi connectivity index (χ1) is 7.28. The van der Waals surface area contributed by atoms with Crippen LogP contribution in [0.2, 0.25) is 0 Å². The topological polar surface area (TPSA) is 18.5 Å². The molecule has 2 nitrogen and oxygen atoms in total. The first kappa shape index (κ1) is 14.1. The fraction of sp³-hybridized carbons (Fsp3) is 0.833. The Balaban J connectivity index is 2.59. The van der Waals surface area contributed by atoms with E-state index in [9.17, 15) is 0 Å². The summed E-state index contributed by atoms with van der Waals surface area (Å²) in [7, 11) is -0.222. The maximum absolute atomic E-state index is 5.88. The highest BCUT2D eigenvalue weighted by molar-refractivity contribution is 6.51. The van der Waals surface area contributed by atoms with Crippen LogP contribution in [-0.2, 0) is 9.31 Å². The predicted molar refractivity (Wildman–Crippen MR) is 69.8 cm³/mol. The van der Waals surface area contributed by atoms with E-state index in [1.54, 1.807) is 0 Å². The first-order valence-corrected chi connectivity index (χ1v) is 6.41. The van der Waals surface area contributed by atoms with Gasteiger partial charge in [-0.15, -0.1) is 11.6 Å². The van der Waals surface area contributed by atoms with Crippen molar-refractivity contribution in [1.29, 1.82) is 0 Å². The minimum atomic E-state index is -0.249. The lowest BCUT2D eigenvalue weighted by molar-refractivity contribution is 0.00578. The monoisotopic (exact) mass is 244 g/mol. The van der Waals surface area contributed by atoms with Gasteiger partial charge in [0.15, 0.2) is 0 Å². The zero-order valence-corrected chi connectivity index (χ0v) is 11.7. The van der Waals surface area contributed by atoms with Crippen molar-refractivity contribution in [3.05, 3.63) is 11.5 Å². The van der Waals surface area contributed by atoms with Crippen molar-refractivity contribution in [2.45, 2.75) is 58.7 Å². The molecule has 92 valence electrons. The molecule has 0 amide bonds. The maximum atomic E-state index is 5.88.